The van der Waals surface area contributed by atoms with Crippen molar-refractivity contribution in [2.75, 3.05) is 17.7 Å². The maximum absolute atomic E-state index is 12.0. The summed E-state index contributed by atoms with van der Waals surface area (Å²) in [7, 11) is 1.72. The van der Waals surface area contributed by atoms with Crippen molar-refractivity contribution < 1.29 is 4.79 Å². The Bertz CT molecular complexity index is 673. The number of aryl methyl sites for hydroxylation is 1. The first-order chi connectivity index (χ1) is 9.63. The maximum Gasteiger partial charge on any atom is 0.276 e. The number of benzene rings is 1. The molecule has 2 rings (SSSR count). The third-order valence-corrected chi connectivity index (χ3v) is 2.77. The van der Waals surface area contributed by atoms with Gasteiger partial charge in [-0.2, -0.15) is 5.26 Å². The van der Waals surface area contributed by atoms with Crippen molar-refractivity contribution in [2.45, 2.75) is 6.92 Å². The summed E-state index contributed by atoms with van der Waals surface area (Å²) in [5.74, 6) is 0.225. The average Bonchev–Trinajstić information content (AvgIpc) is 2.49. The van der Waals surface area contributed by atoms with Crippen molar-refractivity contribution >= 4 is 17.4 Å². The van der Waals surface area contributed by atoms with Crippen LogP contribution in [0.2, 0.25) is 0 Å². The number of nitrogens with one attached hydrogen (secondary N) is 2. The van der Waals surface area contributed by atoms with Gasteiger partial charge < -0.3 is 10.6 Å². The second-order valence-corrected chi connectivity index (χ2v) is 4.15. The number of aromatic nitrogens is 2. The summed E-state index contributed by atoms with van der Waals surface area (Å²) in [6, 6.07) is 10.4. The maximum atomic E-state index is 12.0. The first-order valence-corrected chi connectivity index (χ1v) is 5.97. The second-order valence-electron chi connectivity index (χ2n) is 4.15. The molecule has 0 aliphatic carbocycles. The Morgan fingerprint density at radius 2 is 2.05 bits per heavy atom. The molecule has 6 nitrogen and oxygen atoms in total. The van der Waals surface area contributed by atoms with E-state index in [4.69, 9.17) is 5.26 Å². The Balaban J connectivity index is 2.20. The second kappa shape index (κ2) is 5.80. The Labute approximate surface area is 116 Å². The monoisotopic (exact) mass is 267 g/mol. The van der Waals surface area contributed by atoms with Gasteiger partial charge in [0.2, 0.25) is 0 Å². The summed E-state index contributed by atoms with van der Waals surface area (Å²) in [6.07, 6.45) is 0. The van der Waals surface area contributed by atoms with Crippen molar-refractivity contribution in [1.82, 2.24) is 10.2 Å². The zero-order chi connectivity index (χ0) is 14.5. The molecule has 1 aromatic carbocycles. The molecule has 1 aromatic heterocycles. The largest absolute Gasteiger partial charge is 0.372 e. The summed E-state index contributed by atoms with van der Waals surface area (Å²) in [4.78, 5) is 12.0. The van der Waals surface area contributed by atoms with E-state index in [1.54, 1.807) is 37.4 Å². The van der Waals surface area contributed by atoms with Crippen LogP contribution in [0.4, 0.5) is 11.5 Å². The molecular weight excluding hydrogens is 254 g/mol. The van der Waals surface area contributed by atoms with Gasteiger partial charge in [0, 0.05) is 12.7 Å². The number of amides is 1. The lowest BCUT2D eigenvalue weighted by Gasteiger charge is -2.08. The summed E-state index contributed by atoms with van der Waals surface area (Å²) < 4.78 is 0. The van der Waals surface area contributed by atoms with Crippen LogP contribution in [-0.4, -0.2) is 23.2 Å². The highest BCUT2D eigenvalue weighted by Gasteiger charge is 2.10. The van der Waals surface area contributed by atoms with Crippen molar-refractivity contribution in [1.29, 1.82) is 5.26 Å². The van der Waals surface area contributed by atoms with E-state index in [2.05, 4.69) is 20.8 Å². The highest BCUT2D eigenvalue weighted by atomic mass is 16.1. The molecule has 0 bridgehead atoms. The van der Waals surface area contributed by atoms with E-state index in [0.717, 1.165) is 5.56 Å². The summed E-state index contributed by atoms with van der Waals surface area (Å²) in [6.45, 7) is 1.85. The molecule has 0 saturated carbocycles. The lowest BCUT2D eigenvalue weighted by atomic mass is 10.1. The lowest BCUT2D eigenvalue weighted by molar-refractivity contribution is 0.102. The molecule has 2 aromatic rings. The van der Waals surface area contributed by atoms with Gasteiger partial charge in [-0.15, -0.1) is 10.2 Å². The predicted molar refractivity (Wildman–Crippen MR) is 75.4 cm³/mol. The molecule has 0 fully saturated rings. The van der Waals surface area contributed by atoms with Crippen molar-refractivity contribution in [3.05, 3.63) is 47.2 Å². The van der Waals surface area contributed by atoms with Crippen LogP contribution < -0.4 is 10.6 Å². The van der Waals surface area contributed by atoms with Crippen LogP contribution in [0.25, 0.3) is 0 Å². The molecule has 0 unspecified atom stereocenters. The molecule has 0 aliphatic rings. The van der Waals surface area contributed by atoms with E-state index in [1.165, 1.54) is 0 Å². The fourth-order valence-electron chi connectivity index (χ4n) is 1.60. The van der Waals surface area contributed by atoms with E-state index >= 15 is 0 Å². The van der Waals surface area contributed by atoms with Crippen LogP contribution in [0, 0.1) is 18.3 Å². The molecule has 1 amide bonds. The van der Waals surface area contributed by atoms with Gasteiger partial charge in [0.1, 0.15) is 5.82 Å². The predicted octanol–water partition coefficient (Wildman–Crippen LogP) is 1.95. The van der Waals surface area contributed by atoms with Crippen LogP contribution in [0.1, 0.15) is 21.6 Å². The third-order valence-electron chi connectivity index (χ3n) is 2.77. The van der Waals surface area contributed by atoms with Crippen molar-refractivity contribution in [3.63, 3.8) is 0 Å². The molecular formula is C14H13N5O. The number of nitriles is 1. The van der Waals surface area contributed by atoms with Crippen molar-refractivity contribution in [3.8, 4) is 6.07 Å². The minimum Gasteiger partial charge on any atom is -0.372 e. The van der Waals surface area contributed by atoms with Gasteiger partial charge in [-0.25, -0.2) is 0 Å². The molecule has 0 atom stereocenters. The van der Waals surface area contributed by atoms with Crippen LogP contribution >= 0.6 is 0 Å². The first kappa shape index (κ1) is 13.5. The van der Waals surface area contributed by atoms with Crippen LogP contribution in [0.3, 0.4) is 0 Å². The smallest absolute Gasteiger partial charge is 0.276 e. The van der Waals surface area contributed by atoms with Gasteiger partial charge in [0.15, 0.2) is 5.69 Å². The van der Waals surface area contributed by atoms with Gasteiger partial charge in [0.25, 0.3) is 5.91 Å². The van der Waals surface area contributed by atoms with E-state index in [1.807, 2.05) is 13.0 Å². The highest BCUT2D eigenvalue weighted by Crippen LogP contribution is 2.17. The molecule has 100 valence electrons. The fourth-order valence-corrected chi connectivity index (χ4v) is 1.60. The number of rotatable bonds is 3. The van der Waals surface area contributed by atoms with E-state index in [0.29, 0.717) is 17.1 Å². The molecule has 0 saturated heterocycles. The Morgan fingerprint density at radius 3 is 2.65 bits per heavy atom. The third kappa shape index (κ3) is 2.90. The molecule has 2 N–H and O–H groups in total. The lowest BCUT2D eigenvalue weighted by Crippen LogP contribution is -2.15. The van der Waals surface area contributed by atoms with Gasteiger partial charge in [-0.3, -0.25) is 4.79 Å². The quantitative estimate of drug-likeness (QED) is 0.887. The Hall–Kier alpha value is -2.94. The van der Waals surface area contributed by atoms with E-state index < -0.39 is 0 Å². The standard InChI is InChI=1S/C14H13N5O/c1-9-3-4-10(8-15)7-12(9)17-14(20)11-5-6-13(16-2)19-18-11/h3-7H,1-2H3,(H,16,19)(H,17,20). The van der Waals surface area contributed by atoms with Crippen molar-refractivity contribution in [2.24, 2.45) is 0 Å². The summed E-state index contributed by atoms with van der Waals surface area (Å²) in [5, 5.41) is 22.1. The average molecular weight is 267 g/mol. The fraction of sp³-hybridized carbons (Fsp3) is 0.143. The van der Waals surface area contributed by atoms with Crippen LogP contribution in [0.15, 0.2) is 30.3 Å². The molecule has 0 spiro atoms. The molecule has 6 heteroatoms. The SMILES string of the molecule is CNc1ccc(C(=O)Nc2cc(C#N)ccc2C)nn1. The highest BCUT2D eigenvalue weighted by molar-refractivity contribution is 6.03. The minimum absolute atomic E-state index is 0.214. The van der Waals surface area contributed by atoms with E-state index in [9.17, 15) is 4.79 Å². The summed E-state index contributed by atoms with van der Waals surface area (Å²) in [5.41, 5.74) is 2.17. The van der Waals surface area contributed by atoms with Gasteiger partial charge in [0.05, 0.1) is 11.6 Å². The Kier molecular flexibility index (Phi) is 3.91. The van der Waals surface area contributed by atoms with Crippen LogP contribution in [-0.2, 0) is 0 Å². The molecule has 0 aliphatic heterocycles. The molecule has 0 radical (unpaired) electrons. The number of hydrogen-bond donors (Lipinski definition) is 2. The summed E-state index contributed by atoms with van der Waals surface area (Å²) >= 11 is 0. The number of carbonyl (C=O) groups excluding carboxylic acids is 1. The topological polar surface area (TPSA) is 90.7 Å². The normalized spacial score (nSPS) is 9.65. The van der Waals surface area contributed by atoms with E-state index in [-0.39, 0.29) is 11.6 Å². The van der Waals surface area contributed by atoms with Gasteiger partial charge >= 0.3 is 0 Å². The Morgan fingerprint density at radius 1 is 1.25 bits per heavy atom. The number of carbonyl (C=O) groups is 1. The first-order valence-electron chi connectivity index (χ1n) is 5.97. The number of anilines is 2. The minimum atomic E-state index is -0.363. The van der Waals surface area contributed by atoms with Crippen LogP contribution in [0.5, 0.6) is 0 Å². The van der Waals surface area contributed by atoms with Gasteiger partial charge in [-0.05, 0) is 36.8 Å². The zero-order valence-corrected chi connectivity index (χ0v) is 11.1. The number of hydrogen-bond acceptors (Lipinski definition) is 5. The van der Waals surface area contributed by atoms with Gasteiger partial charge in [-0.1, -0.05) is 6.07 Å². The zero-order valence-electron chi connectivity index (χ0n) is 11.1. The molecule has 20 heavy (non-hydrogen) atoms. The molecule has 1 heterocycles. The number of nitrogens with zero attached hydrogens (tertiary/aromatic N) is 3.